The van der Waals surface area contributed by atoms with Crippen LogP contribution in [0.3, 0.4) is 0 Å². The molecular weight excluding hydrogens is 358 g/mol. The molecule has 0 aliphatic heterocycles. The Morgan fingerprint density at radius 1 is 1.33 bits per heavy atom. The second-order valence-electron chi connectivity index (χ2n) is 3.83. The molecule has 2 nitrogen and oxygen atoms in total. The van der Waals surface area contributed by atoms with Gasteiger partial charge in [-0.3, -0.25) is 5.32 Å². The fourth-order valence-electron chi connectivity index (χ4n) is 1.56. The van der Waals surface area contributed by atoms with Crippen LogP contribution in [0, 0.1) is 12.3 Å². The Morgan fingerprint density at radius 2 is 1.94 bits per heavy atom. The average molecular weight is 375 g/mol. The number of nitrogens with one attached hydrogen (secondary N) is 1. The summed E-state index contributed by atoms with van der Waals surface area (Å²) in [4.78, 5) is 0. The summed E-state index contributed by atoms with van der Waals surface area (Å²) in [5.74, 6) is 3.56. The fraction of sp³-hybridized carbons (Fsp3) is 0.429. The van der Waals surface area contributed by atoms with Crippen LogP contribution in [0.25, 0.3) is 0 Å². The molecule has 0 aromatic heterocycles. The Kier molecular flexibility index (Phi) is 6.77. The van der Waals surface area contributed by atoms with Gasteiger partial charge >= 0.3 is 0 Å². The number of ether oxygens (including phenoxy) is 1. The molecule has 1 aromatic rings. The first-order chi connectivity index (χ1) is 8.62. The molecule has 0 fully saturated rings. The molecule has 1 aromatic carbocycles. The van der Waals surface area contributed by atoms with Crippen LogP contribution < -0.4 is 10.1 Å². The molecule has 18 heavy (non-hydrogen) atoms. The van der Waals surface area contributed by atoms with E-state index in [0.717, 1.165) is 33.2 Å². The molecule has 0 spiro atoms. The van der Waals surface area contributed by atoms with Crippen LogP contribution in [0.15, 0.2) is 21.1 Å². The van der Waals surface area contributed by atoms with Gasteiger partial charge in [-0.1, -0.05) is 12.8 Å². The summed E-state index contributed by atoms with van der Waals surface area (Å²) in [5.41, 5.74) is 1.16. The van der Waals surface area contributed by atoms with E-state index < -0.39 is 0 Å². The third-order valence-corrected chi connectivity index (χ3v) is 3.69. The predicted octanol–water partition coefficient (Wildman–Crippen LogP) is 4.11. The highest BCUT2D eigenvalue weighted by Gasteiger charge is 2.09. The number of hydrogen-bond donors (Lipinski definition) is 1. The molecule has 0 aliphatic carbocycles. The van der Waals surface area contributed by atoms with Gasteiger partial charge in [0.05, 0.1) is 21.6 Å². The highest BCUT2D eigenvalue weighted by Crippen LogP contribution is 2.34. The Morgan fingerprint density at radius 3 is 2.39 bits per heavy atom. The molecule has 0 amide bonds. The van der Waals surface area contributed by atoms with Crippen molar-refractivity contribution in [3.05, 3.63) is 26.6 Å². The minimum Gasteiger partial charge on any atom is -0.492 e. The average Bonchev–Trinajstić information content (AvgIpc) is 2.35. The van der Waals surface area contributed by atoms with Crippen molar-refractivity contribution >= 4 is 31.9 Å². The maximum Gasteiger partial charge on any atom is 0.147 e. The third kappa shape index (κ3) is 4.31. The molecule has 98 valence electrons. The zero-order valence-electron chi connectivity index (χ0n) is 10.6. The third-order valence-electron chi connectivity index (χ3n) is 2.51. The summed E-state index contributed by atoms with van der Waals surface area (Å²) >= 11 is 7.03. The smallest absolute Gasteiger partial charge is 0.147 e. The van der Waals surface area contributed by atoms with Crippen LogP contribution in [0.1, 0.15) is 25.8 Å². The van der Waals surface area contributed by atoms with Crippen LogP contribution in [-0.2, 0) is 6.54 Å². The van der Waals surface area contributed by atoms with Gasteiger partial charge in [0.25, 0.3) is 0 Å². The van der Waals surface area contributed by atoms with Crippen LogP contribution in [0.4, 0.5) is 0 Å². The summed E-state index contributed by atoms with van der Waals surface area (Å²) in [6, 6.07) is 4.21. The molecule has 1 unspecified atom stereocenters. The van der Waals surface area contributed by atoms with E-state index >= 15 is 0 Å². The van der Waals surface area contributed by atoms with Gasteiger partial charge in [-0.25, -0.2) is 0 Å². The Bertz CT molecular complexity index is 417. The molecular formula is C14H17Br2NO. The van der Waals surface area contributed by atoms with E-state index in [2.05, 4.69) is 50.0 Å². The Balaban J connectivity index is 2.77. The second-order valence-corrected chi connectivity index (χ2v) is 5.54. The SMILES string of the molecule is C#CC(CC)NCc1cc(Br)c(OCC)c(Br)c1. The molecule has 1 rings (SSSR count). The number of benzene rings is 1. The largest absolute Gasteiger partial charge is 0.492 e. The summed E-state index contributed by atoms with van der Waals surface area (Å²) in [5, 5.41) is 3.32. The standard InChI is InChI=1S/C14H17Br2NO/c1-4-11(5-2)17-9-10-7-12(15)14(18-6-3)13(16)8-10/h1,7-8,11,17H,5-6,9H2,2-3H3. The highest BCUT2D eigenvalue weighted by atomic mass is 79.9. The minimum atomic E-state index is 0.120. The maximum atomic E-state index is 5.54. The van der Waals surface area contributed by atoms with E-state index in [-0.39, 0.29) is 6.04 Å². The summed E-state index contributed by atoms with van der Waals surface area (Å²) in [6.07, 6.45) is 6.35. The topological polar surface area (TPSA) is 21.3 Å². The van der Waals surface area contributed by atoms with Crippen LogP contribution in [0.2, 0.25) is 0 Å². The number of halogens is 2. The van der Waals surface area contributed by atoms with E-state index in [0.29, 0.717) is 6.61 Å². The van der Waals surface area contributed by atoms with Crippen molar-refractivity contribution < 1.29 is 4.74 Å². The van der Waals surface area contributed by atoms with Crippen molar-refractivity contribution in [1.82, 2.24) is 5.32 Å². The fourth-order valence-corrected chi connectivity index (χ4v) is 3.07. The van der Waals surface area contributed by atoms with Gasteiger partial charge in [0, 0.05) is 6.54 Å². The van der Waals surface area contributed by atoms with E-state index in [1.807, 2.05) is 19.1 Å². The van der Waals surface area contributed by atoms with Crippen molar-refractivity contribution in [1.29, 1.82) is 0 Å². The van der Waals surface area contributed by atoms with Crippen LogP contribution in [0.5, 0.6) is 5.75 Å². The molecule has 0 saturated heterocycles. The maximum absolute atomic E-state index is 5.54. The lowest BCUT2D eigenvalue weighted by molar-refractivity contribution is 0.336. The van der Waals surface area contributed by atoms with Gasteiger partial charge in [0.1, 0.15) is 5.75 Å². The molecule has 4 heteroatoms. The van der Waals surface area contributed by atoms with Crippen LogP contribution in [-0.4, -0.2) is 12.6 Å². The lowest BCUT2D eigenvalue weighted by Gasteiger charge is -2.13. The lowest BCUT2D eigenvalue weighted by Crippen LogP contribution is -2.26. The first-order valence-corrected chi connectivity index (χ1v) is 7.51. The first kappa shape index (κ1) is 15.6. The minimum absolute atomic E-state index is 0.120. The second kappa shape index (κ2) is 7.83. The first-order valence-electron chi connectivity index (χ1n) is 5.92. The summed E-state index contributed by atoms with van der Waals surface area (Å²) < 4.78 is 7.44. The quantitative estimate of drug-likeness (QED) is 0.756. The van der Waals surface area contributed by atoms with E-state index in [1.165, 1.54) is 0 Å². The summed E-state index contributed by atoms with van der Waals surface area (Å²) in [6.45, 7) is 5.42. The van der Waals surface area contributed by atoms with E-state index in [4.69, 9.17) is 11.2 Å². The molecule has 0 saturated carbocycles. The van der Waals surface area contributed by atoms with Crippen LogP contribution >= 0.6 is 31.9 Å². The van der Waals surface area contributed by atoms with E-state index in [1.54, 1.807) is 0 Å². The van der Waals surface area contributed by atoms with Crippen molar-refractivity contribution in [2.45, 2.75) is 32.9 Å². The number of rotatable bonds is 6. The molecule has 0 radical (unpaired) electrons. The Labute approximate surface area is 126 Å². The van der Waals surface area contributed by atoms with Crippen molar-refractivity contribution in [3.63, 3.8) is 0 Å². The molecule has 0 heterocycles. The molecule has 1 N–H and O–H groups in total. The molecule has 0 bridgehead atoms. The number of hydrogen-bond acceptors (Lipinski definition) is 2. The van der Waals surface area contributed by atoms with Gasteiger partial charge in [-0.2, -0.15) is 0 Å². The highest BCUT2D eigenvalue weighted by molar-refractivity contribution is 9.11. The normalized spacial score (nSPS) is 11.9. The zero-order chi connectivity index (χ0) is 13.5. The monoisotopic (exact) mass is 373 g/mol. The van der Waals surface area contributed by atoms with Gasteiger partial charge in [0.15, 0.2) is 0 Å². The lowest BCUT2D eigenvalue weighted by atomic mass is 10.2. The van der Waals surface area contributed by atoms with Crippen molar-refractivity contribution in [3.8, 4) is 18.1 Å². The summed E-state index contributed by atoms with van der Waals surface area (Å²) in [7, 11) is 0. The number of terminal acetylenes is 1. The zero-order valence-corrected chi connectivity index (χ0v) is 13.8. The van der Waals surface area contributed by atoms with Crippen molar-refractivity contribution in [2.24, 2.45) is 0 Å². The van der Waals surface area contributed by atoms with Gasteiger partial charge in [-0.15, -0.1) is 6.42 Å². The molecule has 1 atom stereocenters. The predicted molar refractivity (Wildman–Crippen MR) is 82.8 cm³/mol. The van der Waals surface area contributed by atoms with Crippen molar-refractivity contribution in [2.75, 3.05) is 6.61 Å². The van der Waals surface area contributed by atoms with Gasteiger partial charge < -0.3 is 4.74 Å². The van der Waals surface area contributed by atoms with Gasteiger partial charge in [-0.05, 0) is 62.9 Å². The van der Waals surface area contributed by atoms with Gasteiger partial charge in [0.2, 0.25) is 0 Å². The molecule has 0 aliphatic rings. The van der Waals surface area contributed by atoms with E-state index in [9.17, 15) is 0 Å². The Hall–Kier alpha value is -0.500.